The fourth-order valence-corrected chi connectivity index (χ4v) is 5.74. The zero-order valence-corrected chi connectivity index (χ0v) is 18.8. The number of sulfonamides is 1. The molecule has 2 atom stereocenters. The molecule has 166 valence electrons. The zero-order chi connectivity index (χ0) is 22.3. The lowest BCUT2D eigenvalue weighted by molar-refractivity contribution is -0.117. The molecule has 0 spiro atoms. The summed E-state index contributed by atoms with van der Waals surface area (Å²) >= 11 is 0. The van der Waals surface area contributed by atoms with Crippen molar-refractivity contribution in [1.82, 2.24) is 14.2 Å². The average molecular weight is 451 g/mol. The first-order valence-corrected chi connectivity index (χ1v) is 12.3. The Labute approximate surface area is 188 Å². The minimum Gasteiger partial charge on any atom is -0.326 e. The van der Waals surface area contributed by atoms with Gasteiger partial charge < -0.3 is 10.2 Å². The predicted octanol–water partition coefficient (Wildman–Crippen LogP) is 2.91. The molecule has 8 heteroatoms. The monoisotopic (exact) mass is 450 g/mol. The summed E-state index contributed by atoms with van der Waals surface area (Å²) in [5.41, 5.74) is 1.78. The van der Waals surface area contributed by atoms with E-state index < -0.39 is 10.0 Å². The Morgan fingerprint density at radius 2 is 1.75 bits per heavy atom. The molecular weight excluding hydrogens is 424 g/mol. The molecule has 5 rings (SSSR count). The number of likely N-dealkylation sites (N-methyl/N-ethyl adjacent to an activating group) is 1. The number of fused-ring (bicyclic) bond motifs is 1. The normalized spacial score (nSPS) is 22.0. The van der Waals surface area contributed by atoms with E-state index in [1.165, 1.54) is 0 Å². The number of anilines is 1. The largest absolute Gasteiger partial charge is 0.326 e. The number of amides is 1. The van der Waals surface area contributed by atoms with Crippen LogP contribution in [-0.4, -0.2) is 61.7 Å². The third kappa shape index (κ3) is 4.13. The molecular formula is C24H26N4O3S. The summed E-state index contributed by atoms with van der Waals surface area (Å²) in [6, 6.07) is 14.8. The smallest absolute Gasteiger partial charge is 0.243 e. The van der Waals surface area contributed by atoms with Crippen molar-refractivity contribution in [2.75, 3.05) is 38.5 Å². The van der Waals surface area contributed by atoms with Gasteiger partial charge in [0.1, 0.15) is 0 Å². The third-order valence-corrected chi connectivity index (χ3v) is 8.36. The van der Waals surface area contributed by atoms with Gasteiger partial charge in [-0.3, -0.25) is 9.78 Å². The summed E-state index contributed by atoms with van der Waals surface area (Å²) in [6.45, 7) is 2.50. The molecule has 3 aromatic rings. The van der Waals surface area contributed by atoms with Gasteiger partial charge in [-0.25, -0.2) is 8.42 Å². The van der Waals surface area contributed by atoms with Crippen LogP contribution < -0.4 is 5.32 Å². The van der Waals surface area contributed by atoms with E-state index in [0.717, 1.165) is 41.5 Å². The number of aromatic nitrogens is 1. The van der Waals surface area contributed by atoms with Crippen LogP contribution in [0, 0.1) is 5.92 Å². The molecule has 1 saturated heterocycles. The van der Waals surface area contributed by atoms with Crippen molar-refractivity contribution in [3.05, 3.63) is 66.5 Å². The molecule has 1 N–H and O–H groups in total. The topological polar surface area (TPSA) is 82.6 Å². The van der Waals surface area contributed by atoms with Crippen LogP contribution in [-0.2, 0) is 14.8 Å². The molecule has 1 aliphatic heterocycles. The maximum absolute atomic E-state index is 12.9. The number of piperazine rings is 1. The van der Waals surface area contributed by atoms with Gasteiger partial charge in [-0.1, -0.05) is 18.2 Å². The number of pyridine rings is 1. The molecule has 2 aliphatic rings. The second kappa shape index (κ2) is 8.27. The minimum atomic E-state index is -3.47. The van der Waals surface area contributed by atoms with Gasteiger partial charge in [0.25, 0.3) is 0 Å². The lowest BCUT2D eigenvalue weighted by atomic mass is 10.1. The van der Waals surface area contributed by atoms with E-state index in [1.807, 2.05) is 43.4 Å². The minimum absolute atomic E-state index is 0.00228. The van der Waals surface area contributed by atoms with Crippen molar-refractivity contribution in [3.63, 3.8) is 0 Å². The average Bonchev–Trinajstić information content (AvgIpc) is 3.61. The Balaban J connectivity index is 1.23. The number of hydrogen-bond acceptors (Lipinski definition) is 5. The molecule has 1 saturated carbocycles. The SMILES string of the molecule is CN1CCN(S(=O)(=O)c2ccc([C@@H]3C[C@H]3C(=O)Nc3ccc4cnccc4c3)cc2)CC1. The molecule has 1 amide bonds. The number of carbonyl (C=O) groups is 1. The molecule has 2 fully saturated rings. The van der Waals surface area contributed by atoms with Crippen molar-refractivity contribution < 1.29 is 13.2 Å². The van der Waals surface area contributed by atoms with Crippen LogP contribution in [0.1, 0.15) is 17.9 Å². The Morgan fingerprint density at radius 3 is 2.50 bits per heavy atom. The number of nitrogens with zero attached hydrogens (tertiary/aromatic N) is 3. The van der Waals surface area contributed by atoms with Crippen molar-refractivity contribution in [3.8, 4) is 0 Å². The summed E-state index contributed by atoms with van der Waals surface area (Å²) in [5.74, 6) is 0.0285. The second-order valence-corrected chi connectivity index (χ2v) is 10.6. The molecule has 0 bridgehead atoms. The van der Waals surface area contributed by atoms with Crippen LogP contribution in [0.5, 0.6) is 0 Å². The quantitative estimate of drug-likeness (QED) is 0.646. The van der Waals surface area contributed by atoms with Crippen molar-refractivity contribution >= 4 is 32.4 Å². The Hall–Kier alpha value is -2.81. The van der Waals surface area contributed by atoms with Crippen molar-refractivity contribution in [2.45, 2.75) is 17.2 Å². The molecule has 1 aliphatic carbocycles. The summed E-state index contributed by atoms with van der Waals surface area (Å²) in [4.78, 5) is 19.3. The van der Waals surface area contributed by atoms with Gasteiger partial charge in [0.2, 0.25) is 15.9 Å². The number of carbonyl (C=O) groups excluding carboxylic acids is 1. The zero-order valence-electron chi connectivity index (χ0n) is 17.9. The maximum Gasteiger partial charge on any atom is 0.243 e. The highest BCUT2D eigenvalue weighted by molar-refractivity contribution is 7.89. The molecule has 32 heavy (non-hydrogen) atoms. The predicted molar refractivity (Wildman–Crippen MR) is 124 cm³/mol. The van der Waals surface area contributed by atoms with E-state index in [-0.39, 0.29) is 17.7 Å². The third-order valence-electron chi connectivity index (χ3n) is 6.44. The fourth-order valence-electron chi connectivity index (χ4n) is 4.31. The molecule has 0 radical (unpaired) electrons. The summed E-state index contributed by atoms with van der Waals surface area (Å²) in [6.07, 6.45) is 4.30. The summed E-state index contributed by atoms with van der Waals surface area (Å²) < 4.78 is 27.3. The van der Waals surface area contributed by atoms with Crippen LogP contribution in [0.4, 0.5) is 5.69 Å². The van der Waals surface area contributed by atoms with Gasteiger partial charge in [0, 0.05) is 55.6 Å². The van der Waals surface area contributed by atoms with Gasteiger partial charge in [0.15, 0.2) is 0 Å². The van der Waals surface area contributed by atoms with E-state index in [0.29, 0.717) is 18.0 Å². The lowest BCUT2D eigenvalue weighted by Gasteiger charge is -2.31. The van der Waals surface area contributed by atoms with E-state index in [4.69, 9.17) is 0 Å². The van der Waals surface area contributed by atoms with Gasteiger partial charge in [0.05, 0.1) is 4.90 Å². The Morgan fingerprint density at radius 1 is 1.00 bits per heavy atom. The molecule has 2 heterocycles. The highest BCUT2D eigenvalue weighted by atomic mass is 32.2. The van der Waals surface area contributed by atoms with Gasteiger partial charge in [-0.2, -0.15) is 4.31 Å². The first-order valence-electron chi connectivity index (χ1n) is 10.8. The van der Waals surface area contributed by atoms with E-state index in [9.17, 15) is 13.2 Å². The van der Waals surface area contributed by atoms with Gasteiger partial charge in [-0.15, -0.1) is 0 Å². The lowest BCUT2D eigenvalue weighted by Crippen LogP contribution is -2.46. The number of nitrogens with one attached hydrogen (secondary N) is 1. The maximum atomic E-state index is 12.9. The number of hydrogen-bond donors (Lipinski definition) is 1. The van der Waals surface area contributed by atoms with Crippen LogP contribution in [0.15, 0.2) is 65.8 Å². The first kappa shape index (κ1) is 21.1. The summed E-state index contributed by atoms with van der Waals surface area (Å²) in [7, 11) is -1.47. The van der Waals surface area contributed by atoms with Gasteiger partial charge >= 0.3 is 0 Å². The van der Waals surface area contributed by atoms with E-state index >= 15 is 0 Å². The first-order chi connectivity index (χ1) is 15.4. The standard InChI is InChI=1S/C24H26N4O3S/c1-27-10-12-28(13-11-27)32(30,31)21-6-3-17(4-7-21)22-15-23(22)24(29)26-20-5-2-19-16-25-9-8-18(19)14-20/h2-9,14,16,22-23H,10-13,15H2,1H3,(H,26,29)/t22-,23+/m0/s1. The molecule has 1 aromatic heterocycles. The highest BCUT2D eigenvalue weighted by Gasteiger charge is 2.44. The molecule has 7 nitrogen and oxygen atoms in total. The van der Waals surface area contributed by atoms with Crippen molar-refractivity contribution in [2.24, 2.45) is 5.92 Å². The highest BCUT2D eigenvalue weighted by Crippen LogP contribution is 2.48. The van der Waals surface area contributed by atoms with Crippen molar-refractivity contribution in [1.29, 1.82) is 0 Å². The molecule has 0 unspecified atom stereocenters. The van der Waals surface area contributed by atoms with Crippen LogP contribution in [0.2, 0.25) is 0 Å². The fraction of sp³-hybridized carbons (Fsp3) is 0.333. The van der Waals surface area contributed by atoms with Crippen LogP contribution >= 0.6 is 0 Å². The number of benzene rings is 2. The van der Waals surface area contributed by atoms with Crippen LogP contribution in [0.3, 0.4) is 0 Å². The summed E-state index contributed by atoms with van der Waals surface area (Å²) in [5, 5.41) is 5.07. The van der Waals surface area contributed by atoms with E-state index in [1.54, 1.807) is 28.8 Å². The number of rotatable bonds is 5. The van der Waals surface area contributed by atoms with Gasteiger partial charge in [-0.05, 0) is 60.7 Å². The second-order valence-electron chi connectivity index (χ2n) is 8.65. The Kier molecular flexibility index (Phi) is 5.44. The van der Waals surface area contributed by atoms with Crippen LogP contribution in [0.25, 0.3) is 10.8 Å². The van der Waals surface area contributed by atoms with E-state index in [2.05, 4.69) is 15.2 Å². The Bertz CT molecular complexity index is 1250. The molecule has 2 aromatic carbocycles.